The van der Waals surface area contributed by atoms with Gasteiger partial charge >= 0.3 is 0 Å². The molecule has 3 rings (SSSR count). The van der Waals surface area contributed by atoms with Gasteiger partial charge in [0.2, 0.25) is 0 Å². The maximum atomic E-state index is 12.9. The average Bonchev–Trinajstić information content (AvgIpc) is 3.19. The van der Waals surface area contributed by atoms with Crippen LogP contribution in [0.3, 0.4) is 0 Å². The maximum Gasteiger partial charge on any atom is 0.266 e. The van der Waals surface area contributed by atoms with E-state index in [1.54, 1.807) is 23.8 Å². The van der Waals surface area contributed by atoms with E-state index >= 15 is 0 Å². The number of ether oxygens (including phenoxy) is 1. The number of thioether (sulfide) groups is 2. The van der Waals surface area contributed by atoms with Crippen molar-refractivity contribution in [2.45, 2.75) is 44.9 Å². The van der Waals surface area contributed by atoms with Gasteiger partial charge in [-0.15, -0.1) is 0 Å². The number of carbonyl (C=O) groups is 1. The summed E-state index contributed by atoms with van der Waals surface area (Å²) in [5.74, 6) is 0.911. The number of methoxy groups -OCH3 is 1. The van der Waals surface area contributed by atoms with Crippen molar-refractivity contribution in [3.05, 3.63) is 39.8 Å². The van der Waals surface area contributed by atoms with Gasteiger partial charge in [-0.2, -0.15) is 0 Å². The number of allylic oxidation sites excluding steroid dienone is 2. The zero-order valence-corrected chi connectivity index (χ0v) is 19.2. The molecule has 0 radical (unpaired) electrons. The molecule has 0 N–H and O–H groups in total. The lowest BCUT2D eigenvalue weighted by Gasteiger charge is -2.19. The van der Waals surface area contributed by atoms with Crippen molar-refractivity contribution in [2.75, 3.05) is 25.1 Å². The zero-order valence-electron chi connectivity index (χ0n) is 16.8. The zero-order chi connectivity index (χ0) is 20.3. The second-order valence-corrected chi connectivity index (χ2v) is 9.26. The topological polar surface area (TPSA) is 32.8 Å². The van der Waals surface area contributed by atoms with E-state index in [1.165, 1.54) is 16.7 Å². The molecule has 28 heavy (non-hydrogen) atoms. The molecule has 0 atom stereocenters. The van der Waals surface area contributed by atoms with E-state index in [1.807, 2.05) is 6.07 Å². The Kier molecular flexibility index (Phi) is 7.12. The molecular formula is C21H26N2O2S3. The number of amides is 1. The number of nitrogens with zero attached hydrogens (tertiary/aromatic N) is 2. The van der Waals surface area contributed by atoms with Gasteiger partial charge in [-0.05, 0) is 43.5 Å². The molecule has 2 heterocycles. The summed E-state index contributed by atoms with van der Waals surface area (Å²) in [5, 5.41) is 1.14. The first-order chi connectivity index (χ1) is 13.5. The Bertz CT molecular complexity index is 848. The normalized spacial score (nSPS) is 19.6. The number of fused-ring (bicyclic) bond motifs is 1. The van der Waals surface area contributed by atoms with Crippen LogP contribution in [0.4, 0.5) is 5.69 Å². The Balaban J connectivity index is 1.93. The fraction of sp³-hybridized carbons (Fsp3) is 0.429. The van der Waals surface area contributed by atoms with Crippen molar-refractivity contribution in [3.63, 3.8) is 0 Å². The molecule has 0 bridgehead atoms. The van der Waals surface area contributed by atoms with Gasteiger partial charge in [-0.25, -0.2) is 0 Å². The number of thiocarbonyl (C=S) groups is 1. The third-order valence-corrected chi connectivity index (χ3v) is 7.43. The van der Waals surface area contributed by atoms with Gasteiger partial charge in [0.15, 0.2) is 0 Å². The molecule has 2 aliphatic rings. The second-order valence-electron chi connectivity index (χ2n) is 6.55. The smallest absolute Gasteiger partial charge is 0.266 e. The number of hydrogen-bond donors (Lipinski definition) is 0. The van der Waals surface area contributed by atoms with Crippen LogP contribution in [0.5, 0.6) is 5.75 Å². The minimum atomic E-state index is 0.0578. The average molecular weight is 435 g/mol. The quantitative estimate of drug-likeness (QED) is 0.399. The Morgan fingerprint density at radius 3 is 2.64 bits per heavy atom. The van der Waals surface area contributed by atoms with E-state index in [0.717, 1.165) is 52.8 Å². The van der Waals surface area contributed by atoms with E-state index in [9.17, 15) is 4.79 Å². The van der Waals surface area contributed by atoms with Crippen LogP contribution in [0.15, 0.2) is 44.7 Å². The lowest BCUT2D eigenvalue weighted by molar-refractivity contribution is -0.122. The molecule has 1 amide bonds. The molecule has 0 spiro atoms. The van der Waals surface area contributed by atoms with E-state index in [4.69, 9.17) is 17.0 Å². The molecule has 0 unspecified atom stereocenters. The molecule has 4 nitrogen and oxygen atoms in total. The highest BCUT2D eigenvalue weighted by molar-refractivity contribution is 8.26. The van der Waals surface area contributed by atoms with E-state index in [-0.39, 0.29) is 5.91 Å². The SMILES string of the molecule is CCCCN1C(=O)C(=C(C=C2Sc3ccc(OC)cc3N2CC)CC)SC1=S. The van der Waals surface area contributed by atoms with Crippen LogP contribution in [-0.2, 0) is 4.79 Å². The number of carbonyl (C=O) groups excluding carboxylic acids is 1. The summed E-state index contributed by atoms with van der Waals surface area (Å²) < 4.78 is 6.07. The molecule has 0 aliphatic carbocycles. The largest absolute Gasteiger partial charge is 0.497 e. The van der Waals surface area contributed by atoms with Crippen molar-refractivity contribution in [2.24, 2.45) is 0 Å². The van der Waals surface area contributed by atoms with Gasteiger partial charge in [0, 0.05) is 24.1 Å². The van der Waals surface area contributed by atoms with Crippen molar-refractivity contribution in [3.8, 4) is 5.75 Å². The van der Waals surface area contributed by atoms with Crippen LogP contribution in [0.25, 0.3) is 0 Å². The standard InChI is InChI=1S/C21H26N2O2S3/c1-5-8-11-23-20(24)19(28-21(23)26)14(6-2)12-18-22(7-3)16-13-15(25-4)9-10-17(16)27-18/h9-10,12-13H,5-8,11H2,1-4H3. The van der Waals surface area contributed by atoms with Crippen LogP contribution >= 0.6 is 35.7 Å². The van der Waals surface area contributed by atoms with Crippen molar-refractivity contribution >= 4 is 51.7 Å². The second kappa shape index (κ2) is 9.37. The number of hydrogen-bond acceptors (Lipinski definition) is 6. The molecule has 0 aromatic heterocycles. The highest BCUT2D eigenvalue weighted by Crippen LogP contribution is 2.48. The van der Waals surface area contributed by atoms with Gasteiger partial charge in [-0.3, -0.25) is 9.69 Å². The Labute approximate surface area is 181 Å². The summed E-state index contributed by atoms with van der Waals surface area (Å²) in [6, 6.07) is 6.16. The van der Waals surface area contributed by atoms with Gasteiger partial charge in [-0.1, -0.05) is 56.0 Å². The fourth-order valence-electron chi connectivity index (χ4n) is 3.22. The highest BCUT2D eigenvalue weighted by atomic mass is 32.2. The molecule has 1 aromatic rings. The number of benzene rings is 1. The minimum absolute atomic E-state index is 0.0578. The van der Waals surface area contributed by atoms with E-state index in [2.05, 4.69) is 43.9 Å². The van der Waals surface area contributed by atoms with Crippen LogP contribution in [0.2, 0.25) is 0 Å². The number of anilines is 1. The van der Waals surface area contributed by atoms with E-state index in [0.29, 0.717) is 10.9 Å². The first kappa shape index (κ1) is 21.3. The van der Waals surface area contributed by atoms with Crippen LogP contribution in [0.1, 0.15) is 40.0 Å². The molecule has 2 aliphatic heterocycles. The van der Waals surface area contributed by atoms with Crippen LogP contribution < -0.4 is 9.64 Å². The van der Waals surface area contributed by atoms with E-state index < -0.39 is 0 Å². The number of unbranched alkanes of at least 4 members (excludes halogenated alkanes) is 1. The highest BCUT2D eigenvalue weighted by Gasteiger charge is 2.34. The molecule has 150 valence electrons. The summed E-state index contributed by atoms with van der Waals surface area (Å²) in [5.41, 5.74) is 2.21. The summed E-state index contributed by atoms with van der Waals surface area (Å²) in [6.07, 6.45) is 4.97. The lowest BCUT2D eigenvalue weighted by atomic mass is 10.1. The van der Waals surface area contributed by atoms with Crippen molar-refractivity contribution in [1.29, 1.82) is 0 Å². The van der Waals surface area contributed by atoms with Gasteiger partial charge in [0.05, 0.1) is 22.7 Å². The predicted octanol–water partition coefficient (Wildman–Crippen LogP) is 5.79. The predicted molar refractivity (Wildman–Crippen MR) is 124 cm³/mol. The van der Waals surface area contributed by atoms with Gasteiger partial charge in [0.25, 0.3) is 5.91 Å². The maximum absolute atomic E-state index is 12.9. The fourth-order valence-corrected chi connectivity index (χ4v) is 5.81. The van der Waals surface area contributed by atoms with Crippen molar-refractivity contribution < 1.29 is 9.53 Å². The number of rotatable bonds is 7. The van der Waals surface area contributed by atoms with Crippen LogP contribution in [0, 0.1) is 0 Å². The summed E-state index contributed by atoms with van der Waals surface area (Å²) >= 11 is 8.65. The summed E-state index contributed by atoms with van der Waals surface area (Å²) in [6.45, 7) is 7.92. The first-order valence-electron chi connectivity index (χ1n) is 9.65. The Hall–Kier alpha value is -1.44. The van der Waals surface area contributed by atoms with Gasteiger partial charge < -0.3 is 9.64 Å². The molecule has 1 aromatic carbocycles. The summed E-state index contributed by atoms with van der Waals surface area (Å²) in [4.78, 5) is 19.0. The molecular weight excluding hydrogens is 408 g/mol. The lowest BCUT2D eigenvalue weighted by Crippen LogP contribution is -2.29. The summed E-state index contributed by atoms with van der Waals surface area (Å²) in [7, 11) is 1.69. The third-order valence-electron chi connectivity index (χ3n) is 4.81. The molecule has 0 saturated carbocycles. The molecule has 1 saturated heterocycles. The van der Waals surface area contributed by atoms with Crippen molar-refractivity contribution in [1.82, 2.24) is 4.90 Å². The molecule has 7 heteroatoms. The monoisotopic (exact) mass is 434 g/mol. The Morgan fingerprint density at radius 1 is 1.21 bits per heavy atom. The Morgan fingerprint density at radius 2 is 2.00 bits per heavy atom. The van der Waals surface area contributed by atoms with Gasteiger partial charge in [0.1, 0.15) is 10.1 Å². The first-order valence-corrected chi connectivity index (χ1v) is 11.7. The molecule has 1 fully saturated rings. The van der Waals surface area contributed by atoms with Crippen LogP contribution in [-0.4, -0.2) is 35.3 Å². The minimum Gasteiger partial charge on any atom is -0.497 e. The third kappa shape index (κ3) is 4.11.